The molecule has 0 aromatic heterocycles. The van der Waals surface area contributed by atoms with Gasteiger partial charge >= 0.3 is 0 Å². The Morgan fingerprint density at radius 3 is 2.71 bits per heavy atom. The van der Waals surface area contributed by atoms with E-state index in [4.69, 9.17) is 5.73 Å². The van der Waals surface area contributed by atoms with E-state index < -0.39 is 5.82 Å². The van der Waals surface area contributed by atoms with Crippen molar-refractivity contribution in [1.82, 2.24) is 0 Å². The number of carbonyl (C=O) groups is 1. The number of hydrogen-bond acceptors (Lipinski definition) is 2. The summed E-state index contributed by atoms with van der Waals surface area (Å²) >= 11 is 3.25. The third-order valence-electron chi connectivity index (χ3n) is 3.61. The third-order valence-corrected chi connectivity index (χ3v) is 4.10. The second kappa shape index (κ2) is 4.86. The third kappa shape index (κ3) is 2.58. The zero-order valence-electron chi connectivity index (χ0n) is 9.51. The highest BCUT2D eigenvalue weighted by molar-refractivity contribution is 9.10. The van der Waals surface area contributed by atoms with Crippen LogP contribution in [-0.4, -0.2) is 12.3 Å². The lowest BCUT2D eigenvalue weighted by molar-refractivity contribution is 0.0782. The van der Waals surface area contributed by atoms with Crippen LogP contribution in [0.25, 0.3) is 0 Å². The normalized spacial score (nSPS) is 17.6. The summed E-state index contributed by atoms with van der Waals surface area (Å²) in [5, 5.41) is 0. The summed E-state index contributed by atoms with van der Waals surface area (Å²) in [5.41, 5.74) is 5.80. The van der Waals surface area contributed by atoms with Crippen molar-refractivity contribution in [2.45, 2.75) is 25.7 Å². The largest absolute Gasteiger partial charge is 0.330 e. The number of rotatable bonds is 4. The first-order chi connectivity index (χ1) is 8.06. The Hall–Kier alpha value is -0.740. The molecule has 2 rings (SSSR count). The standard InChI is InChI=1S/C13H15BrFNO/c14-9-2-3-11(15)10(6-9)12(17)7-13(8-16)4-1-5-13/h2-3,6H,1,4-5,7-8,16H2. The van der Waals surface area contributed by atoms with E-state index in [2.05, 4.69) is 15.9 Å². The highest BCUT2D eigenvalue weighted by atomic mass is 79.9. The van der Waals surface area contributed by atoms with Gasteiger partial charge in [-0.15, -0.1) is 0 Å². The van der Waals surface area contributed by atoms with E-state index in [-0.39, 0.29) is 16.8 Å². The summed E-state index contributed by atoms with van der Waals surface area (Å²) in [6.07, 6.45) is 3.43. The summed E-state index contributed by atoms with van der Waals surface area (Å²) in [5.74, 6) is -0.598. The first-order valence-corrected chi connectivity index (χ1v) is 6.54. The zero-order valence-corrected chi connectivity index (χ0v) is 11.1. The molecule has 1 aromatic rings. The number of benzene rings is 1. The molecule has 0 saturated heterocycles. The lowest BCUT2D eigenvalue weighted by atomic mass is 9.65. The van der Waals surface area contributed by atoms with E-state index >= 15 is 0 Å². The summed E-state index contributed by atoms with van der Waals surface area (Å²) in [7, 11) is 0. The molecule has 1 aliphatic rings. The van der Waals surface area contributed by atoms with E-state index in [1.54, 1.807) is 12.1 Å². The van der Waals surface area contributed by atoms with Gasteiger partial charge in [0.1, 0.15) is 5.82 Å². The minimum atomic E-state index is -0.454. The minimum absolute atomic E-state index is 0.0775. The Balaban J connectivity index is 2.17. The number of halogens is 2. The first-order valence-electron chi connectivity index (χ1n) is 5.75. The predicted molar refractivity (Wildman–Crippen MR) is 68.4 cm³/mol. The monoisotopic (exact) mass is 299 g/mol. The van der Waals surface area contributed by atoms with Crippen molar-refractivity contribution in [3.8, 4) is 0 Å². The number of ketones is 1. The lowest BCUT2D eigenvalue weighted by Crippen LogP contribution is -2.39. The van der Waals surface area contributed by atoms with E-state index in [9.17, 15) is 9.18 Å². The molecule has 17 heavy (non-hydrogen) atoms. The zero-order chi connectivity index (χ0) is 12.5. The van der Waals surface area contributed by atoms with Crippen molar-refractivity contribution in [3.63, 3.8) is 0 Å². The Morgan fingerprint density at radius 2 is 2.18 bits per heavy atom. The Labute approximate surface area is 109 Å². The van der Waals surface area contributed by atoms with Gasteiger partial charge in [-0.3, -0.25) is 4.79 Å². The van der Waals surface area contributed by atoms with Gasteiger partial charge in [0.15, 0.2) is 5.78 Å². The molecule has 0 atom stereocenters. The number of nitrogens with two attached hydrogens (primary N) is 1. The fourth-order valence-electron chi connectivity index (χ4n) is 2.28. The number of hydrogen-bond donors (Lipinski definition) is 1. The first kappa shape index (κ1) is 12.7. The molecule has 1 saturated carbocycles. The van der Waals surface area contributed by atoms with Gasteiger partial charge in [-0.05, 0) is 43.0 Å². The minimum Gasteiger partial charge on any atom is -0.330 e. The SMILES string of the molecule is NCC1(CC(=O)c2cc(Br)ccc2F)CCC1. The van der Waals surface area contributed by atoms with Crippen LogP contribution in [0.2, 0.25) is 0 Å². The summed E-state index contributed by atoms with van der Waals surface area (Å²) < 4.78 is 14.3. The van der Waals surface area contributed by atoms with Gasteiger partial charge in [-0.25, -0.2) is 4.39 Å². The predicted octanol–water partition coefficient (Wildman–Crippen LogP) is 3.29. The molecule has 1 fully saturated rings. The van der Waals surface area contributed by atoms with Crippen molar-refractivity contribution in [1.29, 1.82) is 0 Å². The molecule has 0 bridgehead atoms. The van der Waals surface area contributed by atoms with Crippen LogP contribution in [0, 0.1) is 11.2 Å². The highest BCUT2D eigenvalue weighted by Crippen LogP contribution is 2.43. The number of Topliss-reactive ketones (excluding diaryl/α,β-unsaturated/α-hetero) is 1. The van der Waals surface area contributed by atoms with Crippen molar-refractivity contribution < 1.29 is 9.18 Å². The van der Waals surface area contributed by atoms with E-state index in [0.29, 0.717) is 13.0 Å². The topological polar surface area (TPSA) is 43.1 Å². The van der Waals surface area contributed by atoms with Gasteiger partial charge in [0.2, 0.25) is 0 Å². The Morgan fingerprint density at radius 1 is 1.47 bits per heavy atom. The molecule has 0 aliphatic heterocycles. The average Bonchev–Trinajstić information content (AvgIpc) is 2.26. The second-order valence-electron chi connectivity index (χ2n) is 4.78. The fourth-order valence-corrected chi connectivity index (χ4v) is 2.64. The van der Waals surface area contributed by atoms with E-state index in [1.165, 1.54) is 6.07 Å². The maximum Gasteiger partial charge on any atom is 0.166 e. The van der Waals surface area contributed by atoms with Crippen molar-refractivity contribution in [2.24, 2.45) is 11.1 Å². The molecule has 92 valence electrons. The van der Waals surface area contributed by atoms with Crippen molar-refractivity contribution in [3.05, 3.63) is 34.1 Å². The molecule has 1 aromatic carbocycles. The average molecular weight is 300 g/mol. The number of carbonyl (C=O) groups excluding carboxylic acids is 1. The molecular weight excluding hydrogens is 285 g/mol. The maximum atomic E-state index is 13.5. The van der Waals surface area contributed by atoms with Crippen molar-refractivity contribution in [2.75, 3.05) is 6.54 Å². The summed E-state index contributed by atoms with van der Waals surface area (Å²) in [4.78, 5) is 12.1. The lowest BCUT2D eigenvalue weighted by Gasteiger charge is -2.40. The maximum absolute atomic E-state index is 13.5. The fraction of sp³-hybridized carbons (Fsp3) is 0.462. The highest BCUT2D eigenvalue weighted by Gasteiger charge is 2.38. The van der Waals surface area contributed by atoms with Gasteiger partial charge in [-0.2, -0.15) is 0 Å². The van der Waals surface area contributed by atoms with Crippen LogP contribution < -0.4 is 5.73 Å². The molecule has 4 heteroatoms. The van der Waals surface area contributed by atoms with Gasteiger partial charge in [0, 0.05) is 10.9 Å². The van der Waals surface area contributed by atoms with Crippen LogP contribution in [0.3, 0.4) is 0 Å². The van der Waals surface area contributed by atoms with Crippen molar-refractivity contribution >= 4 is 21.7 Å². The van der Waals surface area contributed by atoms with Gasteiger partial charge < -0.3 is 5.73 Å². The molecule has 0 heterocycles. The second-order valence-corrected chi connectivity index (χ2v) is 5.70. The Bertz CT molecular complexity index is 438. The Kier molecular flexibility index (Phi) is 3.64. The van der Waals surface area contributed by atoms with Crippen LogP contribution in [0.1, 0.15) is 36.0 Å². The molecule has 1 aliphatic carbocycles. The van der Waals surface area contributed by atoms with Crippen LogP contribution in [0.4, 0.5) is 4.39 Å². The summed E-state index contributed by atoms with van der Waals surface area (Å²) in [6, 6.07) is 4.45. The molecule has 0 amide bonds. The molecule has 0 radical (unpaired) electrons. The molecule has 2 N–H and O–H groups in total. The molecule has 0 spiro atoms. The van der Waals surface area contributed by atoms with Gasteiger partial charge in [0.05, 0.1) is 5.56 Å². The van der Waals surface area contributed by atoms with Crippen LogP contribution in [-0.2, 0) is 0 Å². The molecule has 0 unspecified atom stereocenters. The molecule has 2 nitrogen and oxygen atoms in total. The van der Waals surface area contributed by atoms with E-state index in [0.717, 1.165) is 23.7 Å². The quantitative estimate of drug-likeness (QED) is 0.867. The van der Waals surface area contributed by atoms with E-state index in [1.807, 2.05) is 0 Å². The van der Waals surface area contributed by atoms with Crippen LogP contribution in [0.5, 0.6) is 0 Å². The van der Waals surface area contributed by atoms with Gasteiger partial charge in [-0.1, -0.05) is 22.4 Å². The van der Waals surface area contributed by atoms with Crippen LogP contribution >= 0.6 is 15.9 Å². The summed E-state index contributed by atoms with van der Waals surface area (Å²) in [6.45, 7) is 0.508. The van der Waals surface area contributed by atoms with Gasteiger partial charge in [0.25, 0.3) is 0 Å². The van der Waals surface area contributed by atoms with Crippen LogP contribution in [0.15, 0.2) is 22.7 Å². The molecular formula is C13H15BrFNO. The smallest absolute Gasteiger partial charge is 0.166 e.